The second kappa shape index (κ2) is 6.61. The van der Waals surface area contributed by atoms with E-state index in [9.17, 15) is 9.59 Å². The van der Waals surface area contributed by atoms with Crippen molar-refractivity contribution in [2.45, 2.75) is 13.8 Å². The fourth-order valence-electron chi connectivity index (χ4n) is 1.42. The molecule has 0 unspecified atom stereocenters. The van der Waals surface area contributed by atoms with Gasteiger partial charge < -0.3 is 10.2 Å². The van der Waals surface area contributed by atoms with Gasteiger partial charge in [-0.2, -0.15) is 0 Å². The molecule has 1 aromatic carbocycles. The quantitative estimate of drug-likeness (QED) is 0.926. The minimum Gasteiger partial charge on any atom is -0.334 e. The highest BCUT2D eigenvalue weighted by Gasteiger charge is 2.14. The average Bonchev–Trinajstić information content (AvgIpc) is 2.30. The molecule has 0 aliphatic carbocycles. The Morgan fingerprint density at radius 2 is 1.83 bits per heavy atom. The summed E-state index contributed by atoms with van der Waals surface area (Å²) in [5.41, 5.74) is 0.366. The van der Waals surface area contributed by atoms with Gasteiger partial charge >= 0.3 is 0 Å². The van der Waals surface area contributed by atoms with E-state index in [1.54, 1.807) is 25.1 Å². The van der Waals surface area contributed by atoms with Gasteiger partial charge in [0.1, 0.15) is 0 Å². The van der Waals surface area contributed by atoms with Crippen molar-refractivity contribution in [1.82, 2.24) is 4.90 Å². The van der Waals surface area contributed by atoms with Gasteiger partial charge in [-0.25, -0.2) is 0 Å². The first-order valence-corrected chi connectivity index (χ1v) is 6.20. The zero-order chi connectivity index (χ0) is 13.7. The van der Waals surface area contributed by atoms with Gasteiger partial charge in [0.25, 0.3) is 0 Å². The van der Waals surface area contributed by atoms with Crippen LogP contribution in [0.25, 0.3) is 0 Å². The standard InChI is InChI=1S/C12H14Cl2N2O2/c1-3-16(8(2)17)7-11(18)15-12-9(13)5-4-6-10(12)14/h4-6H,3,7H2,1-2H3,(H,15,18). The van der Waals surface area contributed by atoms with Gasteiger partial charge in [-0.05, 0) is 19.1 Å². The van der Waals surface area contributed by atoms with E-state index in [0.717, 1.165) is 0 Å². The van der Waals surface area contributed by atoms with Crippen LogP contribution in [-0.2, 0) is 9.59 Å². The maximum absolute atomic E-state index is 11.8. The number of nitrogens with one attached hydrogen (secondary N) is 1. The predicted molar refractivity (Wildman–Crippen MR) is 73.0 cm³/mol. The zero-order valence-electron chi connectivity index (χ0n) is 10.2. The minimum absolute atomic E-state index is 0.0205. The van der Waals surface area contributed by atoms with Crippen LogP contribution in [-0.4, -0.2) is 29.8 Å². The van der Waals surface area contributed by atoms with Crippen molar-refractivity contribution < 1.29 is 9.59 Å². The van der Waals surface area contributed by atoms with Crippen LogP contribution in [0.3, 0.4) is 0 Å². The monoisotopic (exact) mass is 288 g/mol. The van der Waals surface area contributed by atoms with Crippen LogP contribution < -0.4 is 5.32 Å². The number of likely N-dealkylation sites (N-methyl/N-ethyl adjacent to an activating group) is 1. The number of para-hydroxylation sites is 1. The summed E-state index contributed by atoms with van der Waals surface area (Å²) >= 11 is 11.9. The second-order valence-corrected chi connectivity index (χ2v) is 4.49. The molecule has 2 amide bonds. The maximum Gasteiger partial charge on any atom is 0.244 e. The number of anilines is 1. The van der Waals surface area contributed by atoms with Gasteiger partial charge in [0, 0.05) is 13.5 Å². The topological polar surface area (TPSA) is 49.4 Å². The van der Waals surface area contributed by atoms with Crippen molar-refractivity contribution in [3.63, 3.8) is 0 Å². The molecule has 0 bridgehead atoms. The van der Waals surface area contributed by atoms with Crippen molar-refractivity contribution in [2.75, 3.05) is 18.4 Å². The fraction of sp³-hybridized carbons (Fsp3) is 0.333. The Morgan fingerprint density at radius 3 is 2.28 bits per heavy atom. The highest BCUT2D eigenvalue weighted by atomic mass is 35.5. The molecule has 0 aromatic heterocycles. The van der Waals surface area contributed by atoms with Gasteiger partial charge in [0.15, 0.2) is 0 Å². The van der Waals surface area contributed by atoms with Crippen LogP contribution in [0.5, 0.6) is 0 Å². The molecule has 0 atom stereocenters. The Balaban J connectivity index is 2.73. The number of hydrogen-bond acceptors (Lipinski definition) is 2. The summed E-state index contributed by atoms with van der Waals surface area (Å²) in [5, 5.41) is 3.33. The molecule has 0 spiro atoms. The third-order valence-corrected chi connectivity index (χ3v) is 3.02. The summed E-state index contributed by atoms with van der Waals surface area (Å²) in [4.78, 5) is 24.4. The second-order valence-electron chi connectivity index (χ2n) is 3.68. The van der Waals surface area contributed by atoms with Crippen LogP contribution in [0.1, 0.15) is 13.8 Å². The van der Waals surface area contributed by atoms with Gasteiger partial charge in [0.2, 0.25) is 11.8 Å². The number of carbonyl (C=O) groups excluding carboxylic acids is 2. The maximum atomic E-state index is 11.8. The number of halogens is 2. The molecule has 1 N–H and O–H groups in total. The molecule has 1 rings (SSSR count). The summed E-state index contributed by atoms with van der Waals surface area (Å²) in [6.45, 7) is 3.67. The lowest BCUT2D eigenvalue weighted by atomic mass is 10.3. The predicted octanol–water partition coefficient (Wildman–Crippen LogP) is 2.80. The number of amides is 2. The molecule has 0 aliphatic heterocycles. The Hall–Kier alpha value is -1.26. The third kappa shape index (κ3) is 3.89. The van der Waals surface area contributed by atoms with E-state index in [4.69, 9.17) is 23.2 Å². The lowest BCUT2D eigenvalue weighted by molar-refractivity contribution is -0.132. The lowest BCUT2D eigenvalue weighted by Gasteiger charge is -2.18. The number of nitrogens with zero attached hydrogens (tertiary/aromatic N) is 1. The molecule has 4 nitrogen and oxygen atoms in total. The Labute approximate surface area is 116 Å². The molecule has 18 heavy (non-hydrogen) atoms. The number of benzene rings is 1. The Morgan fingerprint density at radius 1 is 1.28 bits per heavy atom. The van der Waals surface area contributed by atoms with E-state index in [1.807, 2.05) is 0 Å². The minimum atomic E-state index is -0.331. The third-order valence-electron chi connectivity index (χ3n) is 2.39. The highest BCUT2D eigenvalue weighted by molar-refractivity contribution is 6.39. The summed E-state index contributed by atoms with van der Waals surface area (Å²) in [6, 6.07) is 4.95. The molecule has 6 heteroatoms. The van der Waals surface area contributed by atoms with Crippen molar-refractivity contribution in [3.8, 4) is 0 Å². The fourth-order valence-corrected chi connectivity index (χ4v) is 1.91. The number of hydrogen-bond donors (Lipinski definition) is 1. The van der Waals surface area contributed by atoms with Crippen LogP contribution in [0.2, 0.25) is 10.0 Å². The normalized spacial score (nSPS) is 10.0. The Kier molecular flexibility index (Phi) is 5.44. The summed E-state index contributed by atoms with van der Waals surface area (Å²) < 4.78 is 0. The van der Waals surface area contributed by atoms with Crippen molar-refractivity contribution in [1.29, 1.82) is 0 Å². The molecule has 0 radical (unpaired) electrons. The average molecular weight is 289 g/mol. The molecular formula is C12H14Cl2N2O2. The molecular weight excluding hydrogens is 275 g/mol. The van der Waals surface area contributed by atoms with Crippen LogP contribution in [0.15, 0.2) is 18.2 Å². The van der Waals surface area contributed by atoms with Crippen LogP contribution >= 0.6 is 23.2 Å². The van der Waals surface area contributed by atoms with Crippen LogP contribution in [0.4, 0.5) is 5.69 Å². The van der Waals surface area contributed by atoms with E-state index < -0.39 is 0 Å². The first-order valence-electron chi connectivity index (χ1n) is 5.45. The molecule has 0 aliphatic rings. The van der Waals surface area contributed by atoms with Crippen molar-refractivity contribution >= 4 is 40.7 Å². The number of carbonyl (C=O) groups is 2. The van der Waals surface area contributed by atoms with Gasteiger partial charge in [-0.3, -0.25) is 9.59 Å². The smallest absolute Gasteiger partial charge is 0.244 e. The summed E-state index contributed by atoms with van der Waals surface area (Å²) in [7, 11) is 0. The zero-order valence-corrected chi connectivity index (χ0v) is 11.7. The molecule has 0 saturated carbocycles. The molecule has 1 aromatic rings. The summed E-state index contributed by atoms with van der Waals surface area (Å²) in [6.07, 6.45) is 0. The largest absolute Gasteiger partial charge is 0.334 e. The van der Waals surface area contributed by atoms with E-state index in [1.165, 1.54) is 11.8 Å². The molecule has 98 valence electrons. The first-order chi connectivity index (χ1) is 8.45. The lowest BCUT2D eigenvalue weighted by Crippen LogP contribution is -2.36. The van der Waals surface area contributed by atoms with Crippen LogP contribution in [0, 0.1) is 0 Å². The van der Waals surface area contributed by atoms with Crippen molar-refractivity contribution in [3.05, 3.63) is 28.2 Å². The first kappa shape index (κ1) is 14.8. The summed E-state index contributed by atoms with van der Waals surface area (Å²) in [5.74, 6) is -0.486. The SMILES string of the molecule is CCN(CC(=O)Nc1c(Cl)cccc1Cl)C(C)=O. The number of rotatable bonds is 4. The van der Waals surface area contributed by atoms with Gasteiger partial charge in [-0.1, -0.05) is 29.3 Å². The van der Waals surface area contributed by atoms with Crippen molar-refractivity contribution in [2.24, 2.45) is 0 Å². The van der Waals surface area contributed by atoms with Gasteiger partial charge in [-0.15, -0.1) is 0 Å². The van der Waals surface area contributed by atoms with E-state index in [-0.39, 0.29) is 18.4 Å². The van der Waals surface area contributed by atoms with E-state index in [2.05, 4.69) is 5.32 Å². The highest BCUT2D eigenvalue weighted by Crippen LogP contribution is 2.29. The molecule has 0 saturated heterocycles. The Bertz CT molecular complexity index is 443. The van der Waals surface area contributed by atoms with Gasteiger partial charge in [0.05, 0.1) is 22.3 Å². The van der Waals surface area contributed by atoms with E-state index in [0.29, 0.717) is 22.3 Å². The molecule has 0 fully saturated rings. The molecule has 0 heterocycles. The van der Waals surface area contributed by atoms with E-state index >= 15 is 0 Å².